The van der Waals surface area contributed by atoms with E-state index in [1.54, 1.807) is 0 Å². The summed E-state index contributed by atoms with van der Waals surface area (Å²) in [5.74, 6) is 0.321. The summed E-state index contributed by atoms with van der Waals surface area (Å²) in [6.07, 6.45) is 6.81. The molecule has 2 heterocycles. The Morgan fingerprint density at radius 2 is 1.85 bits per heavy atom. The molecule has 0 radical (unpaired) electrons. The Morgan fingerprint density at radius 3 is 2.52 bits per heavy atom. The van der Waals surface area contributed by atoms with E-state index < -0.39 is 0 Å². The second kappa shape index (κ2) is 9.88. The molecule has 2 aliphatic rings. The van der Waals surface area contributed by atoms with Gasteiger partial charge >= 0.3 is 0 Å². The highest BCUT2D eigenvalue weighted by Crippen LogP contribution is 2.16. The van der Waals surface area contributed by atoms with Crippen LogP contribution in [-0.2, 0) is 11.3 Å². The summed E-state index contributed by atoms with van der Waals surface area (Å²) < 4.78 is 0. The van der Waals surface area contributed by atoms with Crippen LogP contribution in [0.1, 0.15) is 61.4 Å². The zero-order valence-electron chi connectivity index (χ0n) is 16.7. The molecule has 0 aromatic heterocycles. The van der Waals surface area contributed by atoms with Crippen molar-refractivity contribution in [2.24, 2.45) is 0 Å². The van der Waals surface area contributed by atoms with E-state index in [1.807, 2.05) is 41.0 Å². The lowest BCUT2D eigenvalue weighted by Gasteiger charge is -2.26. The molecule has 0 unspecified atom stereocenters. The fraction of sp³-hybridized carbons (Fsp3) is 0.636. The SMILES string of the molecule is CCN(CCN1CCCCCC1)C(=O)c1cccc(CN2CCCC2=O)c1. The number of likely N-dealkylation sites (N-methyl/N-ethyl adjacent to an activating group) is 1. The largest absolute Gasteiger partial charge is 0.338 e. The zero-order chi connectivity index (χ0) is 19.1. The van der Waals surface area contributed by atoms with Gasteiger partial charge in [0.1, 0.15) is 0 Å². The number of benzene rings is 1. The smallest absolute Gasteiger partial charge is 0.253 e. The first-order chi connectivity index (χ1) is 13.2. The zero-order valence-corrected chi connectivity index (χ0v) is 16.7. The fourth-order valence-corrected chi connectivity index (χ4v) is 4.10. The van der Waals surface area contributed by atoms with Crippen molar-refractivity contribution in [3.05, 3.63) is 35.4 Å². The Balaban J connectivity index is 1.58. The van der Waals surface area contributed by atoms with E-state index in [4.69, 9.17) is 0 Å². The molecule has 1 aromatic rings. The van der Waals surface area contributed by atoms with Crippen molar-refractivity contribution in [1.29, 1.82) is 0 Å². The summed E-state index contributed by atoms with van der Waals surface area (Å²) in [5, 5.41) is 0. The highest BCUT2D eigenvalue weighted by Gasteiger charge is 2.21. The van der Waals surface area contributed by atoms with Crippen LogP contribution >= 0.6 is 0 Å². The molecule has 0 bridgehead atoms. The molecule has 2 aliphatic heterocycles. The van der Waals surface area contributed by atoms with Gasteiger partial charge in [-0.15, -0.1) is 0 Å². The van der Waals surface area contributed by atoms with Crippen LogP contribution in [0.2, 0.25) is 0 Å². The quantitative estimate of drug-likeness (QED) is 0.740. The minimum Gasteiger partial charge on any atom is -0.338 e. The van der Waals surface area contributed by atoms with Gasteiger partial charge in [0.25, 0.3) is 5.91 Å². The van der Waals surface area contributed by atoms with Gasteiger partial charge in [0, 0.05) is 44.7 Å². The molecule has 5 heteroatoms. The molecule has 2 amide bonds. The maximum absolute atomic E-state index is 13.0. The molecular formula is C22H33N3O2. The van der Waals surface area contributed by atoms with Crippen molar-refractivity contribution in [3.63, 3.8) is 0 Å². The first-order valence-corrected chi connectivity index (χ1v) is 10.6. The van der Waals surface area contributed by atoms with Crippen LogP contribution in [0.4, 0.5) is 0 Å². The third kappa shape index (κ3) is 5.55. The number of amides is 2. The van der Waals surface area contributed by atoms with Gasteiger partial charge in [-0.05, 0) is 57.0 Å². The van der Waals surface area contributed by atoms with E-state index in [9.17, 15) is 9.59 Å². The third-order valence-electron chi connectivity index (χ3n) is 5.77. The molecule has 0 N–H and O–H groups in total. The molecule has 2 fully saturated rings. The standard InChI is InChI=1S/C22H33N3O2/c1-2-24(16-15-23-12-5-3-4-6-13-23)22(27)20-10-7-9-19(17-20)18-25-14-8-11-21(25)26/h7,9-10,17H,2-6,8,11-16,18H2,1H3. The average molecular weight is 372 g/mol. The van der Waals surface area contributed by atoms with E-state index in [0.29, 0.717) is 13.0 Å². The van der Waals surface area contributed by atoms with Crippen molar-refractivity contribution in [2.45, 2.75) is 52.0 Å². The number of hydrogen-bond acceptors (Lipinski definition) is 3. The number of hydrogen-bond donors (Lipinski definition) is 0. The maximum atomic E-state index is 13.0. The topological polar surface area (TPSA) is 43.9 Å². The van der Waals surface area contributed by atoms with Gasteiger partial charge in [0.2, 0.25) is 5.91 Å². The minimum absolute atomic E-state index is 0.0990. The van der Waals surface area contributed by atoms with Crippen LogP contribution in [0.3, 0.4) is 0 Å². The van der Waals surface area contributed by atoms with Gasteiger partial charge in [-0.3, -0.25) is 9.59 Å². The summed E-state index contributed by atoms with van der Waals surface area (Å²) in [7, 11) is 0. The minimum atomic E-state index is 0.0990. The lowest BCUT2D eigenvalue weighted by atomic mass is 10.1. The summed E-state index contributed by atoms with van der Waals surface area (Å²) in [6, 6.07) is 7.80. The normalized spacial score (nSPS) is 18.6. The van der Waals surface area contributed by atoms with Crippen molar-refractivity contribution >= 4 is 11.8 Å². The molecule has 3 rings (SSSR count). The molecular weight excluding hydrogens is 338 g/mol. The Bertz CT molecular complexity index is 638. The maximum Gasteiger partial charge on any atom is 0.253 e. The van der Waals surface area contributed by atoms with Crippen LogP contribution in [0.5, 0.6) is 0 Å². The first-order valence-electron chi connectivity index (χ1n) is 10.6. The Kier molecular flexibility index (Phi) is 7.27. The van der Waals surface area contributed by atoms with E-state index >= 15 is 0 Å². The van der Waals surface area contributed by atoms with Crippen molar-refractivity contribution < 1.29 is 9.59 Å². The van der Waals surface area contributed by atoms with E-state index in [-0.39, 0.29) is 11.8 Å². The van der Waals surface area contributed by atoms with E-state index in [1.165, 1.54) is 25.7 Å². The Hall–Kier alpha value is -1.88. The lowest BCUT2D eigenvalue weighted by molar-refractivity contribution is -0.128. The predicted octanol–water partition coefficient (Wildman–Crippen LogP) is 3.15. The summed E-state index contributed by atoms with van der Waals surface area (Å²) >= 11 is 0. The van der Waals surface area contributed by atoms with Crippen LogP contribution in [0, 0.1) is 0 Å². The molecule has 2 saturated heterocycles. The monoisotopic (exact) mass is 371 g/mol. The van der Waals surface area contributed by atoms with Gasteiger partial charge < -0.3 is 14.7 Å². The van der Waals surface area contributed by atoms with Crippen molar-refractivity contribution in [1.82, 2.24) is 14.7 Å². The summed E-state index contributed by atoms with van der Waals surface area (Å²) in [4.78, 5) is 31.2. The highest BCUT2D eigenvalue weighted by molar-refractivity contribution is 5.94. The molecule has 5 nitrogen and oxygen atoms in total. The molecule has 1 aromatic carbocycles. The predicted molar refractivity (Wildman–Crippen MR) is 108 cm³/mol. The molecule has 27 heavy (non-hydrogen) atoms. The number of carbonyl (C=O) groups excluding carboxylic acids is 2. The molecule has 148 valence electrons. The fourth-order valence-electron chi connectivity index (χ4n) is 4.10. The second-order valence-corrected chi connectivity index (χ2v) is 7.76. The van der Waals surface area contributed by atoms with Crippen LogP contribution in [0.15, 0.2) is 24.3 Å². The Labute approximate surface area is 163 Å². The van der Waals surface area contributed by atoms with Crippen LogP contribution < -0.4 is 0 Å². The first kappa shape index (κ1) is 19.9. The lowest BCUT2D eigenvalue weighted by Crippen LogP contribution is -2.39. The van der Waals surface area contributed by atoms with E-state index in [2.05, 4.69) is 4.90 Å². The van der Waals surface area contributed by atoms with Gasteiger partial charge in [-0.2, -0.15) is 0 Å². The van der Waals surface area contributed by atoms with Gasteiger partial charge in [0.15, 0.2) is 0 Å². The van der Waals surface area contributed by atoms with Crippen LogP contribution in [-0.4, -0.2) is 65.8 Å². The van der Waals surface area contributed by atoms with Gasteiger partial charge in [-0.25, -0.2) is 0 Å². The number of carbonyl (C=O) groups is 2. The number of rotatable bonds is 7. The van der Waals surface area contributed by atoms with E-state index in [0.717, 1.165) is 56.8 Å². The molecule has 0 spiro atoms. The van der Waals surface area contributed by atoms with Gasteiger partial charge in [-0.1, -0.05) is 25.0 Å². The van der Waals surface area contributed by atoms with Crippen LogP contribution in [0.25, 0.3) is 0 Å². The average Bonchev–Trinajstić information content (AvgIpc) is 2.93. The van der Waals surface area contributed by atoms with Crippen molar-refractivity contribution in [3.8, 4) is 0 Å². The van der Waals surface area contributed by atoms with Crippen molar-refractivity contribution in [2.75, 3.05) is 39.3 Å². The third-order valence-corrected chi connectivity index (χ3v) is 5.77. The number of nitrogens with zero attached hydrogens (tertiary/aromatic N) is 3. The summed E-state index contributed by atoms with van der Waals surface area (Å²) in [5.41, 5.74) is 1.77. The summed E-state index contributed by atoms with van der Waals surface area (Å²) in [6.45, 7) is 8.27. The molecule has 0 saturated carbocycles. The Morgan fingerprint density at radius 1 is 1.07 bits per heavy atom. The number of likely N-dealkylation sites (tertiary alicyclic amines) is 2. The second-order valence-electron chi connectivity index (χ2n) is 7.76. The highest BCUT2D eigenvalue weighted by atomic mass is 16.2. The molecule has 0 atom stereocenters. The molecule has 0 aliphatic carbocycles. The van der Waals surface area contributed by atoms with Gasteiger partial charge in [0.05, 0.1) is 0 Å².